The monoisotopic (exact) mass is 649 g/mol. The molecule has 9 aromatic carbocycles. The zero-order valence-electron chi connectivity index (χ0n) is 28.2. The number of hydrogen-bond acceptors (Lipinski definition) is 1. The smallest absolute Gasteiger partial charge is 0.0540 e. The molecule has 0 saturated carbocycles. The van der Waals surface area contributed by atoms with Gasteiger partial charge in [-0.05, 0) is 85.4 Å². The molecule has 0 radical (unpaired) electrons. The fourth-order valence-corrected chi connectivity index (χ4v) is 7.42. The van der Waals surface area contributed by atoms with E-state index in [2.05, 4.69) is 217 Å². The van der Waals surface area contributed by atoms with E-state index in [0.717, 1.165) is 17.1 Å². The molecule has 240 valence electrons. The van der Waals surface area contributed by atoms with E-state index in [1.165, 1.54) is 66.1 Å². The first-order valence-electron chi connectivity index (χ1n) is 17.5. The standard InChI is InChI=1S/C50H35N/c1-4-15-36(16-5-1)42-30-34-49(47(35-42)38-17-6-2-7-18-38)51(48-26-14-23-37-19-10-12-24-44(37)48)43-31-27-40(28-32-43)46-33-29-39-20-11-13-25-45(39)50(46)41-21-8-3-9-22-41/h1-35H. The lowest BCUT2D eigenvalue weighted by molar-refractivity contribution is 1.30. The Labute approximate surface area is 299 Å². The third-order valence-corrected chi connectivity index (χ3v) is 9.86. The van der Waals surface area contributed by atoms with Gasteiger partial charge >= 0.3 is 0 Å². The molecule has 0 saturated heterocycles. The van der Waals surface area contributed by atoms with Gasteiger partial charge in [-0.3, -0.25) is 0 Å². The van der Waals surface area contributed by atoms with Crippen LogP contribution in [-0.4, -0.2) is 0 Å². The van der Waals surface area contributed by atoms with Crippen LogP contribution in [-0.2, 0) is 0 Å². The highest BCUT2D eigenvalue weighted by molar-refractivity contribution is 6.05. The van der Waals surface area contributed by atoms with Crippen molar-refractivity contribution >= 4 is 38.6 Å². The number of nitrogens with zero attached hydrogens (tertiary/aromatic N) is 1. The van der Waals surface area contributed by atoms with E-state index in [1.54, 1.807) is 0 Å². The number of rotatable bonds is 7. The predicted molar refractivity (Wildman–Crippen MR) is 218 cm³/mol. The van der Waals surface area contributed by atoms with Gasteiger partial charge in [-0.2, -0.15) is 0 Å². The minimum atomic E-state index is 1.10. The second-order valence-corrected chi connectivity index (χ2v) is 12.9. The molecule has 0 aromatic heterocycles. The highest BCUT2D eigenvalue weighted by atomic mass is 15.1. The van der Waals surface area contributed by atoms with E-state index in [9.17, 15) is 0 Å². The molecule has 0 aliphatic carbocycles. The Kier molecular flexibility index (Phi) is 7.92. The van der Waals surface area contributed by atoms with E-state index < -0.39 is 0 Å². The zero-order valence-corrected chi connectivity index (χ0v) is 28.2. The summed E-state index contributed by atoms with van der Waals surface area (Å²) in [6.07, 6.45) is 0. The maximum atomic E-state index is 2.43. The topological polar surface area (TPSA) is 3.24 Å². The van der Waals surface area contributed by atoms with E-state index in [1.807, 2.05) is 0 Å². The highest BCUT2D eigenvalue weighted by Crippen LogP contribution is 2.46. The lowest BCUT2D eigenvalue weighted by Gasteiger charge is -2.29. The Morgan fingerprint density at radius 3 is 1.51 bits per heavy atom. The summed E-state index contributed by atoms with van der Waals surface area (Å²) in [6.45, 7) is 0. The Balaban J connectivity index is 1.25. The zero-order chi connectivity index (χ0) is 34.0. The molecule has 0 amide bonds. The van der Waals surface area contributed by atoms with Crippen molar-refractivity contribution < 1.29 is 0 Å². The lowest BCUT2D eigenvalue weighted by atomic mass is 9.89. The van der Waals surface area contributed by atoms with Crippen molar-refractivity contribution in [2.24, 2.45) is 0 Å². The van der Waals surface area contributed by atoms with Crippen molar-refractivity contribution in [3.05, 3.63) is 212 Å². The molecule has 0 unspecified atom stereocenters. The van der Waals surface area contributed by atoms with Gasteiger partial charge in [0.05, 0.1) is 11.4 Å². The first kappa shape index (κ1) is 30.4. The first-order chi connectivity index (χ1) is 25.3. The molecule has 0 heterocycles. The summed E-state index contributed by atoms with van der Waals surface area (Å²) >= 11 is 0. The fraction of sp³-hybridized carbons (Fsp3) is 0. The molecule has 0 fully saturated rings. The van der Waals surface area contributed by atoms with Gasteiger partial charge in [0.1, 0.15) is 0 Å². The van der Waals surface area contributed by atoms with Crippen molar-refractivity contribution in [2.45, 2.75) is 0 Å². The lowest BCUT2D eigenvalue weighted by Crippen LogP contribution is -2.12. The van der Waals surface area contributed by atoms with Gasteiger partial charge in [-0.1, -0.05) is 182 Å². The Hall–Kier alpha value is -6.70. The summed E-state index contributed by atoms with van der Waals surface area (Å²) in [5.74, 6) is 0. The van der Waals surface area contributed by atoms with Crippen LogP contribution in [0, 0.1) is 0 Å². The van der Waals surface area contributed by atoms with E-state index in [-0.39, 0.29) is 0 Å². The summed E-state index contributed by atoms with van der Waals surface area (Å²) in [5.41, 5.74) is 13.0. The molecular weight excluding hydrogens is 615 g/mol. The molecule has 0 aliphatic heterocycles. The fourth-order valence-electron chi connectivity index (χ4n) is 7.42. The molecule has 0 spiro atoms. The van der Waals surface area contributed by atoms with Crippen LogP contribution in [0.5, 0.6) is 0 Å². The molecular formula is C50H35N. The summed E-state index contributed by atoms with van der Waals surface area (Å²) in [6, 6.07) is 76.7. The molecule has 1 nitrogen and oxygen atoms in total. The first-order valence-corrected chi connectivity index (χ1v) is 17.5. The van der Waals surface area contributed by atoms with Crippen molar-refractivity contribution in [1.82, 2.24) is 0 Å². The molecule has 51 heavy (non-hydrogen) atoms. The SMILES string of the molecule is c1ccc(-c2ccc(N(c3ccc(-c4ccc5ccccc5c4-c4ccccc4)cc3)c3cccc4ccccc34)c(-c3ccccc3)c2)cc1. The van der Waals surface area contributed by atoms with Crippen LogP contribution in [0.25, 0.3) is 66.1 Å². The molecule has 9 rings (SSSR count). The van der Waals surface area contributed by atoms with Gasteiger partial charge in [-0.25, -0.2) is 0 Å². The Morgan fingerprint density at radius 1 is 0.275 bits per heavy atom. The van der Waals surface area contributed by atoms with Crippen LogP contribution in [0.15, 0.2) is 212 Å². The van der Waals surface area contributed by atoms with Crippen LogP contribution >= 0.6 is 0 Å². The van der Waals surface area contributed by atoms with Crippen LogP contribution in [0.3, 0.4) is 0 Å². The van der Waals surface area contributed by atoms with Gasteiger partial charge in [-0.15, -0.1) is 0 Å². The molecule has 0 N–H and O–H groups in total. The van der Waals surface area contributed by atoms with Gasteiger partial charge in [0.15, 0.2) is 0 Å². The molecule has 0 atom stereocenters. The number of hydrogen-bond donors (Lipinski definition) is 0. The third-order valence-electron chi connectivity index (χ3n) is 9.86. The van der Waals surface area contributed by atoms with Crippen molar-refractivity contribution in [3.8, 4) is 44.5 Å². The summed E-state index contributed by atoms with van der Waals surface area (Å²) in [7, 11) is 0. The van der Waals surface area contributed by atoms with Crippen LogP contribution < -0.4 is 4.90 Å². The van der Waals surface area contributed by atoms with Crippen molar-refractivity contribution in [3.63, 3.8) is 0 Å². The quantitative estimate of drug-likeness (QED) is 0.166. The summed E-state index contributed by atoms with van der Waals surface area (Å²) in [5, 5.41) is 4.92. The molecule has 0 bridgehead atoms. The van der Waals surface area contributed by atoms with Gasteiger partial charge in [0, 0.05) is 16.6 Å². The van der Waals surface area contributed by atoms with Crippen LogP contribution in [0.4, 0.5) is 17.1 Å². The molecule has 0 aliphatic rings. The van der Waals surface area contributed by atoms with Gasteiger partial charge in [0.2, 0.25) is 0 Å². The van der Waals surface area contributed by atoms with E-state index in [4.69, 9.17) is 0 Å². The van der Waals surface area contributed by atoms with Crippen molar-refractivity contribution in [1.29, 1.82) is 0 Å². The largest absolute Gasteiger partial charge is 0.309 e. The minimum Gasteiger partial charge on any atom is -0.309 e. The summed E-state index contributed by atoms with van der Waals surface area (Å²) in [4.78, 5) is 2.43. The molecule has 9 aromatic rings. The minimum absolute atomic E-state index is 1.10. The van der Waals surface area contributed by atoms with E-state index in [0.29, 0.717) is 0 Å². The van der Waals surface area contributed by atoms with Crippen LogP contribution in [0.1, 0.15) is 0 Å². The third kappa shape index (κ3) is 5.75. The average molecular weight is 650 g/mol. The van der Waals surface area contributed by atoms with E-state index >= 15 is 0 Å². The highest BCUT2D eigenvalue weighted by Gasteiger charge is 2.21. The second-order valence-electron chi connectivity index (χ2n) is 12.9. The maximum absolute atomic E-state index is 2.43. The molecule has 1 heteroatoms. The average Bonchev–Trinajstić information content (AvgIpc) is 3.22. The van der Waals surface area contributed by atoms with Crippen molar-refractivity contribution in [2.75, 3.05) is 4.90 Å². The predicted octanol–water partition coefficient (Wildman–Crippen LogP) is 14.1. The number of fused-ring (bicyclic) bond motifs is 2. The number of anilines is 3. The Morgan fingerprint density at radius 2 is 0.804 bits per heavy atom. The summed E-state index contributed by atoms with van der Waals surface area (Å²) < 4.78 is 0. The normalized spacial score (nSPS) is 11.1. The maximum Gasteiger partial charge on any atom is 0.0540 e. The number of benzene rings is 9. The second kappa shape index (κ2) is 13.3. The van der Waals surface area contributed by atoms with Gasteiger partial charge in [0.25, 0.3) is 0 Å². The van der Waals surface area contributed by atoms with Crippen LogP contribution in [0.2, 0.25) is 0 Å². The van der Waals surface area contributed by atoms with Gasteiger partial charge < -0.3 is 4.90 Å². The Bertz CT molecular complexity index is 2600.